The minimum atomic E-state index is 0.439. The first kappa shape index (κ1) is 11.0. The molecule has 2 aromatic heterocycles. The van der Waals surface area contributed by atoms with E-state index in [-0.39, 0.29) is 0 Å². The van der Waals surface area contributed by atoms with Gasteiger partial charge >= 0.3 is 0 Å². The van der Waals surface area contributed by atoms with E-state index < -0.39 is 0 Å². The summed E-state index contributed by atoms with van der Waals surface area (Å²) in [6.45, 7) is 0.439. The highest BCUT2D eigenvalue weighted by Gasteiger charge is 2.15. The maximum Gasteiger partial charge on any atom is 0.236 e. The third-order valence-electron chi connectivity index (χ3n) is 3.22. The molecule has 0 bridgehead atoms. The Bertz CT molecular complexity index is 492. The molecular weight excluding hydrogens is 232 g/mol. The van der Waals surface area contributed by atoms with Crippen LogP contribution in [0.5, 0.6) is 0 Å². The number of fused-ring (bicyclic) bond motifs is 1. The molecule has 0 amide bonds. The van der Waals surface area contributed by atoms with Gasteiger partial charge in [0, 0.05) is 11.4 Å². The van der Waals surface area contributed by atoms with Crippen molar-refractivity contribution in [1.82, 2.24) is 4.98 Å². The molecule has 3 rings (SSSR count). The van der Waals surface area contributed by atoms with Gasteiger partial charge in [-0.25, -0.2) is 4.98 Å². The van der Waals surface area contributed by atoms with Crippen molar-refractivity contribution in [2.75, 3.05) is 0 Å². The van der Waals surface area contributed by atoms with E-state index in [0.29, 0.717) is 6.54 Å². The van der Waals surface area contributed by atoms with E-state index in [1.54, 1.807) is 6.26 Å². The molecule has 0 atom stereocenters. The predicted octanol–water partition coefficient (Wildman–Crippen LogP) is 3.13. The van der Waals surface area contributed by atoms with Gasteiger partial charge < -0.3 is 10.2 Å². The Morgan fingerprint density at radius 3 is 3.00 bits per heavy atom. The first-order valence-corrected chi connectivity index (χ1v) is 6.95. The van der Waals surface area contributed by atoms with Gasteiger partial charge in [0.1, 0.15) is 6.26 Å². The third-order valence-corrected chi connectivity index (χ3v) is 4.44. The Kier molecular flexibility index (Phi) is 2.99. The first-order chi connectivity index (χ1) is 8.36. The number of hydrogen-bond donors (Lipinski definition) is 1. The molecule has 1 aliphatic rings. The minimum Gasteiger partial charge on any atom is -0.444 e. The lowest BCUT2D eigenvalue weighted by molar-refractivity contribution is 0.574. The van der Waals surface area contributed by atoms with Gasteiger partial charge in [0.15, 0.2) is 0 Å². The Balaban J connectivity index is 1.93. The van der Waals surface area contributed by atoms with Crippen molar-refractivity contribution in [2.45, 2.75) is 38.6 Å². The largest absolute Gasteiger partial charge is 0.444 e. The first-order valence-electron chi connectivity index (χ1n) is 6.13. The van der Waals surface area contributed by atoms with Crippen LogP contribution in [0.15, 0.2) is 16.7 Å². The van der Waals surface area contributed by atoms with E-state index in [0.717, 1.165) is 16.5 Å². The molecule has 0 aromatic carbocycles. The van der Waals surface area contributed by atoms with Gasteiger partial charge in [0.05, 0.1) is 10.6 Å². The van der Waals surface area contributed by atoms with Crippen LogP contribution in [-0.2, 0) is 19.4 Å². The molecule has 0 spiro atoms. The van der Waals surface area contributed by atoms with Gasteiger partial charge in [-0.1, -0.05) is 6.42 Å². The van der Waals surface area contributed by atoms with E-state index in [2.05, 4.69) is 11.1 Å². The lowest BCUT2D eigenvalue weighted by Gasteiger charge is -1.92. The standard InChI is InChI=1S/C13H16N2OS/c14-7-10-8-16-13(15-10)12-6-9-4-2-1-3-5-11(9)17-12/h6,8H,1-5,7,14H2. The SMILES string of the molecule is NCc1coc(-c2cc3c(s2)CCCCC3)n1. The normalized spacial score (nSPS) is 15.6. The number of nitrogens with two attached hydrogens (primary N) is 1. The summed E-state index contributed by atoms with van der Waals surface area (Å²) >= 11 is 1.83. The van der Waals surface area contributed by atoms with E-state index in [4.69, 9.17) is 10.2 Å². The highest BCUT2D eigenvalue weighted by atomic mass is 32.1. The third kappa shape index (κ3) is 2.15. The van der Waals surface area contributed by atoms with Crippen LogP contribution in [0.2, 0.25) is 0 Å². The fourth-order valence-corrected chi connectivity index (χ4v) is 3.47. The average Bonchev–Trinajstić information content (AvgIpc) is 2.92. The van der Waals surface area contributed by atoms with Crippen molar-refractivity contribution in [3.8, 4) is 10.8 Å². The topological polar surface area (TPSA) is 52.0 Å². The van der Waals surface area contributed by atoms with Gasteiger partial charge in [0.25, 0.3) is 0 Å². The molecule has 1 aliphatic carbocycles. The number of nitrogens with zero attached hydrogens (tertiary/aromatic N) is 1. The molecule has 0 unspecified atom stereocenters. The summed E-state index contributed by atoms with van der Waals surface area (Å²) in [5.74, 6) is 0.725. The molecule has 17 heavy (non-hydrogen) atoms. The van der Waals surface area contributed by atoms with Crippen molar-refractivity contribution in [3.05, 3.63) is 28.5 Å². The number of thiophene rings is 1. The fraction of sp³-hybridized carbons (Fsp3) is 0.462. The molecule has 2 N–H and O–H groups in total. The van der Waals surface area contributed by atoms with Crippen LogP contribution in [-0.4, -0.2) is 4.98 Å². The Hall–Kier alpha value is -1.13. The summed E-state index contributed by atoms with van der Waals surface area (Å²) in [4.78, 5) is 7.05. The summed E-state index contributed by atoms with van der Waals surface area (Å²) in [6, 6.07) is 2.25. The monoisotopic (exact) mass is 248 g/mol. The van der Waals surface area contributed by atoms with Gasteiger partial charge in [-0.3, -0.25) is 0 Å². The number of hydrogen-bond acceptors (Lipinski definition) is 4. The van der Waals surface area contributed by atoms with Gasteiger partial charge in [0.2, 0.25) is 5.89 Å². The van der Waals surface area contributed by atoms with E-state index in [1.165, 1.54) is 42.5 Å². The molecular formula is C13H16N2OS. The predicted molar refractivity (Wildman–Crippen MR) is 69.0 cm³/mol. The molecule has 0 saturated heterocycles. The van der Waals surface area contributed by atoms with E-state index >= 15 is 0 Å². The molecule has 0 aliphatic heterocycles. The smallest absolute Gasteiger partial charge is 0.236 e. The van der Waals surface area contributed by atoms with Gasteiger partial charge in [-0.05, 0) is 37.3 Å². The van der Waals surface area contributed by atoms with Crippen LogP contribution in [0.1, 0.15) is 35.4 Å². The maximum atomic E-state index is 5.54. The van der Waals surface area contributed by atoms with Gasteiger partial charge in [-0.15, -0.1) is 11.3 Å². The molecule has 0 saturated carbocycles. The molecule has 0 fully saturated rings. The van der Waals surface area contributed by atoms with Crippen LogP contribution in [0, 0.1) is 0 Å². The van der Waals surface area contributed by atoms with Crippen LogP contribution in [0.4, 0.5) is 0 Å². The van der Waals surface area contributed by atoms with Crippen molar-refractivity contribution in [2.24, 2.45) is 5.73 Å². The van der Waals surface area contributed by atoms with Crippen LogP contribution < -0.4 is 5.73 Å². The summed E-state index contributed by atoms with van der Waals surface area (Å²) in [7, 11) is 0. The quantitative estimate of drug-likeness (QED) is 0.831. The second-order valence-corrected chi connectivity index (χ2v) is 5.60. The number of aromatic nitrogens is 1. The Labute approximate surface area is 105 Å². The van der Waals surface area contributed by atoms with Crippen molar-refractivity contribution in [1.29, 1.82) is 0 Å². The zero-order valence-corrected chi connectivity index (χ0v) is 10.6. The second-order valence-electron chi connectivity index (χ2n) is 4.47. The summed E-state index contributed by atoms with van der Waals surface area (Å²) in [5, 5.41) is 0. The van der Waals surface area contributed by atoms with Crippen LogP contribution in [0.3, 0.4) is 0 Å². The highest BCUT2D eigenvalue weighted by molar-refractivity contribution is 7.15. The maximum absolute atomic E-state index is 5.54. The Morgan fingerprint density at radius 2 is 2.18 bits per heavy atom. The van der Waals surface area contributed by atoms with Gasteiger partial charge in [-0.2, -0.15) is 0 Å². The lowest BCUT2D eigenvalue weighted by Crippen LogP contribution is -1.95. The average molecular weight is 248 g/mol. The number of rotatable bonds is 2. The molecule has 4 heteroatoms. The van der Waals surface area contributed by atoms with E-state index in [9.17, 15) is 0 Å². The zero-order chi connectivity index (χ0) is 11.7. The second kappa shape index (κ2) is 4.63. The Morgan fingerprint density at radius 1 is 1.29 bits per heavy atom. The molecule has 3 nitrogen and oxygen atoms in total. The molecule has 2 aromatic rings. The summed E-state index contributed by atoms with van der Waals surface area (Å²) in [6.07, 6.45) is 8.05. The molecule has 2 heterocycles. The number of aryl methyl sites for hydroxylation is 2. The van der Waals surface area contributed by atoms with Crippen LogP contribution in [0.25, 0.3) is 10.8 Å². The van der Waals surface area contributed by atoms with Crippen molar-refractivity contribution >= 4 is 11.3 Å². The summed E-state index contributed by atoms with van der Waals surface area (Å²) in [5.41, 5.74) is 7.86. The fourth-order valence-electron chi connectivity index (χ4n) is 2.29. The zero-order valence-electron chi connectivity index (χ0n) is 9.74. The molecule has 90 valence electrons. The van der Waals surface area contributed by atoms with E-state index in [1.807, 2.05) is 11.3 Å². The minimum absolute atomic E-state index is 0.439. The molecule has 0 radical (unpaired) electrons. The summed E-state index contributed by atoms with van der Waals surface area (Å²) < 4.78 is 5.47. The van der Waals surface area contributed by atoms with Crippen molar-refractivity contribution < 1.29 is 4.42 Å². The lowest BCUT2D eigenvalue weighted by atomic mass is 10.1. The number of oxazole rings is 1. The van der Waals surface area contributed by atoms with Crippen LogP contribution >= 0.6 is 11.3 Å². The van der Waals surface area contributed by atoms with Crippen molar-refractivity contribution in [3.63, 3.8) is 0 Å². The highest BCUT2D eigenvalue weighted by Crippen LogP contribution is 2.34.